The topological polar surface area (TPSA) is 115 Å². The Bertz CT molecular complexity index is 386. The zero-order valence-corrected chi connectivity index (χ0v) is 9.19. The number of aromatic nitrogens is 2. The van der Waals surface area contributed by atoms with Crippen molar-refractivity contribution in [3.05, 3.63) is 18.4 Å². The molecule has 0 aliphatic heterocycles. The zero-order valence-electron chi connectivity index (χ0n) is 9.19. The monoisotopic (exact) mass is 238 g/mol. The van der Waals surface area contributed by atoms with Crippen LogP contribution in [0, 0.1) is 0 Å². The van der Waals surface area contributed by atoms with Crippen LogP contribution in [-0.4, -0.2) is 40.1 Å². The molecule has 0 amide bonds. The smallest absolute Gasteiger partial charge is 0.328 e. The highest BCUT2D eigenvalue weighted by molar-refractivity contribution is 5.81. The van der Waals surface area contributed by atoms with Gasteiger partial charge in [-0.15, -0.1) is 10.2 Å². The van der Waals surface area contributed by atoms with E-state index in [4.69, 9.17) is 15.3 Å². The molecule has 1 aromatic rings. The summed E-state index contributed by atoms with van der Waals surface area (Å²) in [6.45, 7) is 0.455. The summed E-state index contributed by atoms with van der Waals surface area (Å²) >= 11 is 0. The van der Waals surface area contributed by atoms with Crippen molar-refractivity contribution >= 4 is 18.3 Å². The Morgan fingerprint density at radius 2 is 2.53 bits per heavy atom. The summed E-state index contributed by atoms with van der Waals surface area (Å²) in [5, 5.41) is 16.0. The van der Waals surface area contributed by atoms with Gasteiger partial charge in [0.15, 0.2) is 0 Å². The highest BCUT2D eigenvalue weighted by Gasteiger charge is 2.13. The molecule has 17 heavy (non-hydrogen) atoms. The molecule has 0 aromatic carbocycles. The molecule has 0 spiro atoms. The summed E-state index contributed by atoms with van der Waals surface area (Å²) < 4.78 is 4.85. The summed E-state index contributed by atoms with van der Waals surface area (Å²) in [6.07, 6.45) is 6.75. The van der Waals surface area contributed by atoms with Crippen LogP contribution in [0.25, 0.3) is 6.08 Å². The first-order valence-corrected chi connectivity index (χ1v) is 5.13. The van der Waals surface area contributed by atoms with E-state index in [1.165, 1.54) is 12.6 Å². The van der Waals surface area contributed by atoms with Crippen LogP contribution in [0.5, 0.6) is 0 Å². The molecule has 1 aromatic heterocycles. The lowest BCUT2D eigenvalue weighted by Crippen LogP contribution is -2.19. The van der Waals surface area contributed by atoms with Gasteiger partial charge in [0.2, 0.25) is 12.3 Å². The summed E-state index contributed by atoms with van der Waals surface area (Å²) in [5.41, 5.74) is 5.31. The van der Waals surface area contributed by atoms with E-state index in [2.05, 4.69) is 15.2 Å². The van der Waals surface area contributed by atoms with E-state index in [0.717, 1.165) is 0 Å². The molecule has 92 valence electrons. The van der Waals surface area contributed by atoms with Crippen molar-refractivity contribution in [3.8, 4) is 0 Å². The molecule has 0 saturated heterocycles. The normalized spacial score (nSPS) is 13.5. The van der Waals surface area contributed by atoms with E-state index in [1.54, 1.807) is 12.2 Å². The van der Waals surface area contributed by atoms with Crippen LogP contribution in [0.4, 0.5) is 0 Å². The van der Waals surface area contributed by atoms with Gasteiger partial charge in [-0.05, 0) is 25.5 Å². The van der Waals surface area contributed by atoms with E-state index in [9.17, 15) is 4.79 Å². The molecule has 1 heterocycles. The Labute approximate surface area is 98.1 Å². The first kappa shape index (κ1) is 13.0. The van der Waals surface area contributed by atoms with Gasteiger partial charge >= 0.3 is 5.97 Å². The molecule has 0 fully saturated rings. The maximum Gasteiger partial charge on any atom is 0.328 e. The van der Waals surface area contributed by atoms with Crippen LogP contribution in [0.15, 0.2) is 21.9 Å². The second-order valence-corrected chi connectivity index (χ2v) is 3.22. The number of carboxylic acid groups (broad SMARTS) is 1. The molecule has 0 unspecified atom stereocenters. The Hall–Kier alpha value is -2.02. The minimum absolute atomic E-state index is 0.338. The van der Waals surface area contributed by atoms with Gasteiger partial charge in [-0.1, -0.05) is 0 Å². The average molecular weight is 238 g/mol. The zero-order chi connectivity index (χ0) is 12.5. The van der Waals surface area contributed by atoms with E-state index in [-0.39, 0.29) is 0 Å². The molecule has 0 saturated carbocycles. The molecule has 0 radical (unpaired) electrons. The van der Waals surface area contributed by atoms with E-state index >= 15 is 0 Å². The Kier molecular flexibility index (Phi) is 5.59. The predicted molar refractivity (Wildman–Crippen MR) is 61.5 cm³/mol. The lowest BCUT2D eigenvalue weighted by molar-refractivity contribution is -0.138. The minimum atomic E-state index is -0.958. The van der Waals surface area contributed by atoms with Crippen molar-refractivity contribution in [2.75, 3.05) is 6.54 Å². The fourth-order valence-electron chi connectivity index (χ4n) is 1.11. The third-order valence-electron chi connectivity index (χ3n) is 1.93. The quantitative estimate of drug-likeness (QED) is 0.662. The van der Waals surface area contributed by atoms with Crippen LogP contribution in [0.3, 0.4) is 0 Å². The van der Waals surface area contributed by atoms with Gasteiger partial charge in [0.25, 0.3) is 0 Å². The van der Waals surface area contributed by atoms with Gasteiger partial charge in [0, 0.05) is 12.3 Å². The first-order chi connectivity index (χ1) is 8.24. The maximum absolute atomic E-state index is 10.8. The number of aliphatic carboxylic acids is 1. The minimum Gasteiger partial charge on any atom is -0.480 e. The molecular formula is C10H14N4O3. The fourth-order valence-corrected chi connectivity index (χ4v) is 1.11. The molecular weight excluding hydrogens is 224 g/mol. The lowest BCUT2D eigenvalue weighted by Gasteiger charge is -2.04. The summed E-state index contributed by atoms with van der Waals surface area (Å²) in [5.74, 6) is -0.619. The third kappa shape index (κ3) is 5.03. The summed E-state index contributed by atoms with van der Waals surface area (Å²) in [6, 6.07) is -0.758. The maximum atomic E-state index is 10.8. The highest BCUT2D eigenvalue weighted by atomic mass is 16.4. The number of carboxylic acids is 1. The molecule has 0 bridgehead atoms. The van der Waals surface area contributed by atoms with Crippen LogP contribution in [-0.2, 0) is 4.79 Å². The number of allylic oxidation sites excluding steroid dienone is 1. The van der Waals surface area contributed by atoms with Crippen LogP contribution < -0.4 is 5.73 Å². The Morgan fingerprint density at radius 1 is 1.71 bits per heavy atom. The molecule has 1 atom stereocenters. The van der Waals surface area contributed by atoms with Crippen LogP contribution in [0.2, 0.25) is 0 Å². The first-order valence-electron chi connectivity index (χ1n) is 5.13. The van der Waals surface area contributed by atoms with Gasteiger partial charge in [0.1, 0.15) is 6.04 Å². The van der Waals surface area contributed by atoms with Gasteiger partial charge in [-0.3, -0.25) is 4.99 Å². The van der Waals surface area contributed by atoms with Crippen LogP contribution >= 0.6 is 0 Å². The third-order valence-corrected chi connectivity index (χ3v) is 1.93. The second kappa shape index (κ2) is 7.29. The van der Waals surface area contributed by atoms with Crippen molar-refractivity contribution in [2.24, 2.45) is 10.7 Å². The average Bonchev–Trinajstić information content (AvgIpc) is 2.80. The molecule has 7 nitrogen and oxygen atoms in total. The van der Waals surface area contributed by atoms with Gasteiger partial charge in [0.05, 0.1) is 0 Å². The molecule has 7 heteroatoms. The Morgan fingerprint density at radius 3 is 3.12 bits per heavy atom. The highest BCUT2D eigenvalue weighted by Crippen LogP contribution is 2.01. The largest absolute Gasteiger partial charge is 0.480 e. The fraction of sp³-hybridized carbons (Fsp3) is 0.400. The molecule has 0 aliphatic rings. The number of hydrogen-bond donors (Lipinski definition) is 2. The van der Waals surface area contributed by atoms with Crippen molar-refractivity contribution in [3.63, 3.8) is 0 Å². The number of nitrogens with two attached hydrogens (primary N) is 1. The van der Waals surface area contributed by atoms with Crippen LogP contribution in [0.1, 0.15) is 18.7 Å². The van der Waals surface area contributed by atoms with Gasteiger partial charge < -0.3 is 15.3 Å². The number of aliphatic imine (C=N–C) groups is 1. The predicted octanol–water partition coefficient (Wildman–Crippen LogP) is 0.346. The summed E-state index contributed by atoms with van der Waals surface area (Å²) in [7, 11) is 0. The number of carbonyl (C=O) groups is 1. The molecule has 1 rings (SSSR count). The number of rotatable bonds is 7. The second-order valence-electron chi connectivity index (χ2n) is 3.22. The van der Waals surface area contributed by atoms with Crippen molar-refractivity contribution in [1.82, 2.24) is 10.2 Å². The van der Waals surface area contributed by atoms with Crippen molar-refractivity contribution in [1.29, 1.82) is 0 Å². The lowest BCUT2D eigenvalue weighted by atomic mass is 10.1. The van der Waals surface area contributed by atoms with Gasteiger partial charge in [-0.25, -0.2) is 4.79 Å². The SMILES string of the molecule is NCCC[C@H](N=C/C=C/c1nnco1)C(=O)O. The van der Waals surface area contributed by atoms with Crippen molar-refractivity contribution in [2.45, 2.75) is 18.9 Å². The van der Waals surface area contributed by atoms with E-state index in [1.807, 2.05) is 0 Å². The molecule has 3 N–H and O–H groups in total. The summed E-state index contributed by atoms with van der Waals surface area (Å²) in [4.78, 5) is 14.7. The Balaban J connectivity index is 2.46. The standard InChI is InChI=1S/C10H14N4O3/c11-5-1-3-8(10(15)16)12-6-2-4-9-14-13-7-17-9/h2,4,6-8H,1,3,5,11H2,(H,15,16)/b4-2+,12-6?/t8-/m0/s1. The van der Waals surface area contributed by atoms with Gasteiger partial charge in [-0.2, -0.15) is 0 Å². The molecule has 0 aliphatic carbocycles. The van der Waals surface area contributed by atoms with E-state index < -0.39 is 12.0 Å². The number of hydrogen-bond acceptors (Lipinski definition) is 6. The van der Waals surface area contributed by atoms with E-state index in [0.29, 0.717) is 25.3 Å². The van der Waals surface area contributed by atoms with Crippen molar-refractivity contribution < 1.29 is 14.3 Å². The number of nitrogens with zero attached hydrogens (tertiary/aromatic N) is 3.